The van der Waals surface area contributed by atoms with Gasteiger partial charge in [-0.3, -0.25) is 5.32 Å². The predicted molar refractivity (Wildman–Crippen MR) is 71.8 cm³/mol. The molecule has 1 N–H and O–H groups in total. The summed E-state index contributed by atoms with van der Waals surface area (Å²) in [6, 6.07) is 3.11. The zero-order chi connectivity index (χ0) is 12.7. The van der Waals surface area contributed by atoms with E-state index in [2.05, 4.69) is 37.1 Å². The van der Waals surface area contributed by atoms with Crippen LogP contribution in [0.2, 0.25) is 0 Å². The van der Waals surface area contributed by atoms with Crippen molar-refractivity contribution in [2.75, 3.05) is 19.6 Å². The fourth-order valence-electron chi connectivity index (χ4n) is 3.02. The van der Waals surface area contributed by atoms with Gasteiger partial charge in [-0.25, -0.2) is 0 Å². The van der Waals surface area contributed by atoms with Crippen LogP contribution in [-0.2, 0) is 0 Å². The fraction of sp³-hybridized carbons (Fsp3) is 0.929. The molecule has 0 amide bonds. The summed E-state index contributed by atoms with van der Waals surface area (Å²) in [5.41, 5.74) is -0.251. The first-order chi connectivity index (χ1) is 8.21. The number of nitrogens with one attached hydrogen (secondary N) is 1. The Morgan fingerprint density at radius 1 is 1.29 bits per heavy atom. The molecular formula is C14H27N3. The zero-order valence-electron chi connectivity index (χ0n) is 11.6. The van der Waals surface area contributed by atoms with Gasteiger partial charge in [0.1, 0.15) is 5.54 Å². The molecule has 1 rings (SSSR count). The van der Waals surface area contributed by atoms with Crippen LogP contribution in [0.15, 0.2) is 0 Å². The quantitative estimate of drug-likeness (QED) is 0.739. The minimum atomic E-state index is -0.251. The van der Waals surface area contributed by atoms with Gasteiger partial charge in [-0.05, 0) is 51.7 Å². The standard InChI is InChI=1S/C14H27N3/c1-4-9-17(10-5-2)13-7-8-14(11-13,12-15)16-6-3/h13,16H,4-11H2,1-3H3. The molecule has 0 saturated heterocycles. The normalized spacial score (nSPS) is 28.5. The number of nitriles is 1. The lowest BCUT2D eigenvalue weighted by atomic mass is 9.99. The maximum atomic E-state index is 9.38. The SMILES string of the molecule is CCCN(CCC)C1CCC(C#N)(NCC)C1. The highest BCUT2D eigenvalue weighted by Gasteiger charge is 2.40. The van der Waals surface area contributed by atoms with Gasteiger partial charge in [0.05, 0.1) is 6.07 Å². The summed E-state index contributed by atoms with van der Waals surface area (Å²) in [7, 11) is 0. The van der Waals surface area contributed by atoms with Crippen LogP contribution in [0.25, 0.3) is 0 Å². The Hall–Kier alpha value is -0.590. The van der Waals surface area contributed by atoms with E-state index in [1.165, 1.54) is 32.4 Å². The monoisotopic (exact) mass is 237 g/mol. The van der Waals surface area contributed by atoms with Crippen LogP contribution in [0, 0.1) is 11.3 Å². The molecule has 0 heterocycles. The largest absolute Gasteiger partial charge is 0.300 e. The minimum absolute atomic E-state index is 0.251. The maximum Gasteiger partial charge on any atom is 0.108 e. The Kier molecular flexibility index (Phi) is 5.94. The molecule has 1 saturated carbocycles. The van der Waals surface area contributed by atoms with Gasteiger partial charge in [0.2, 0.25) is 0 Å². The van der Waals surface area contributed by atoms with Crippen molar-refractivity contribution >= 4 is 0 Å². The summed E-state index contributed by atoms with van der Waals surface area (Å²) in [6.07, 6.45) is 5.58. The number of nitrogens with zero attached hydrogens (tertiary/aromatic N) is 2. The van der Waals surface area contributed by atoms with E-state index in [9.17, 15) is 5.26 Å². The second kappa shape index (κ2) is 6.98. The van der Waals surface area contributed by atoms with Crippen LogP contribution >= 0.6 is 0 Å². The van der Waals surface area contributed by atoms with Gasteiger partial charge in [0.25, 0.3) is 0 Å². The molecule has 98 valence electrons. The number of hydrogen-bond donors (Lipinski definition) is 1. The molecule has 0 aromatic rings. The predicted octanol–water partition coefficient (Wildman–Crippen LogP) is 2.53. The van der Waals surface area contributed by atoms with Crippen LogP contribution in [0.1, 0.15) is 52.9 Å². The van der Waals surface area contributed by atoms with Crippen molar-refractivity contribution in [2.24, 2.45) is 0 Å². The van der Waals surface area contributed by atoms with Crippen LogP contribution in [0.3, 0.4) is 0 Å². The highest BCUT2D eigenvalue weighted by Crippen LogP contribution is 2.32. The Balaban J connectivity index is 2.60. The van der Waals surface area contributed by atoms with E-state index >= 15 is 0 Å². The highest BCUT2D eigenvalue weighted by molar-refractivity contribution is 5.13. The Labute approximate surface area is 106 Å². The molecule has 1 fully saturated rings. The van der Waals surface area contributed by atoms with Crippen LogP contribution in [-0.4, -0.2) is 36.1 Å². The van der Waals surface area contributed by atoms with Gasteiger partial charge in [-0.15, -0.1) is 0 Å². The van der Waals surface area contributed by atoms with E-state index in [0.717, 1.165) is 19.4 Å². The average molecular weight is 237 g/mol. The molecule has 3 heteroatoms. The first-order valence-electron chi connectivity index (χ1n) is 7.11. The molecule has 0 aromatic carbocycles. The Morgan fingerprint density at radius 2 is 1.94 bits per heavy atom. The summed E-state index contributed by atoms with van der Waals surface area (Å²) >= 11 is 0. The van der Waals surface area contributed by atoms with Crippen LogP contribution in [0.4, 0.5) is 0 Å². The molecule has 1 aliphatic carbocycles. The molecule has 2 atom stereocenters. The van der Waals surface area contributed by atoms with Crippen molar-refractivity contribution in [2.45, 2.75) is 64.5 Å². The van der Waals surface area contributed by atoms with Gasteiger partial charge in [0, 0.05) is 6.04 Å². The van der Waals surface area contributed by atoms with E-state index in [1.54, 1.807) is 0 Å². The van der Waals surface area contributed by atoms with Crippen LogP contribution in [0.5, 0.6) is 0 Å². The lowest BCUT2D eigenvalue weighted by Gasteiger charge is -2.29. The van der Waals surface area contributed by atoms with Gasteiger partial charge < -0.3 is 4.90 Å². The maximum absolute atomic E-state index is 9.38. The molecule has 0 aliphatic heterocycles. The van der Waals surface area contributed by atoms with Crippen molar-refractivity contribution in [3.63, 3.8) is 0 Å². The smallest absolute Gasteiger partial charge is 0.108 e. The molecule has 0 radical (unpaired) electrons. The summed E-state index contributed by atoms with van der Waals surface area (Å²) < 4.78 is 0. The molecule has 0 spiro atoms. The second-order valence-electron chi connectivity index (χ2n) is 5.16. The second-order valence-corrected chi connectivity index (χ2v) is 5.16. The Bertz CT molecular complexity index is 253. The lowest BCUT2D eigenvalue weighted by molar-refractivity contribution is 0.192. The van der Waals surface area contributed by atoms with Crippen molar-refractivity contribution in [3.8, 4) is 6.07 Å². The third-order valence-corrected chi connectivity index (χ3v) is 3.76. The van der Waals surface area contributed by atoms with Gasteiger partial charge in [-0.2, -0.15) is 5.26 Å². The topological polar surface area (TPSA) is 39.1 Å². The van der Waals surface area contributed by atoms with Crippen molar-refractivity contribution in [1.82, 2.24) is 10.2 Å². The van der Waals surface area contributed by atoms with Crippen molar-refractivity contribution in [3.05, 3.63) is 0 Å². The first-order valence-corrected chi connectivity index (χ1v) is 7.11. The van der Waals surface area contributed by atoms with Gasteiger partial charge in [0.15, 0.2) is 0 Å². The molecular weight excluding hydrogens is 210 g/mol. The summed E-state index contributed by atoms with van der Waals surface area (Å²) in [4.78, 5) is 2.58. The Morgan fingerprint density at radius 3 is 2.41 bits per heavy atom. The zero-order valence-corrected chi connectivity index (χ0v) is 11.6. The van der Waals surface area contributed by atoms with E-state index in [4.69, 9.17) is 0 Å². The molecule has 3 nitrogen and oxygen atoms in total. The molecule has 2 unspecified atom stereocenters. The van der Waals surface area contributed by atoms with Crippen LogP contribution < -0.4 is 5.32 Å². The number of rotatable bonds is 7. The summed E-state index contributed by atoms with van der Waals surface area (Å²) in [5.74, 6) is 0. The third kappa shape index (κ3) is 3.69. The fourth-order valence-corrected chi connectivity index (χ4v) is 3.02. The highest BCUT2D eigenvalue weighted by atomic mass is 15.2. The van der Waals surface area contributed by atoms with Gasteiger partial charge in [-0.1, -0.05) is 20.8 Å². The summed E-state index contributed by atoms with van der Waals surface area (Å²) in [6.45, 7) is 9.79. The molecule has 1 aliphatic rings. The third-order valence-electron chi connectivity index (χ3n) is 3.76. The minimum Gasteiger partial charge on any atom is -0.300 e. The van der Waals surface area contributed by atoms with E-state index < -0.39 is 0 Å². The van der Waals surface area contributed by atoms with E-state index in [1.807, 2.05) is 0 Å². The van der Waals surface area contributed by atoms with E-state index in [0.29, 0.717) is 6.04 Å². The number of hydrogen-bond acceptors (Lipinski definition) is 3. The van der Waals surface area contributed by atoms with Crippen molar-refractivity contribution in [1.29, 1.82) is 5.26 Å². The van der Waals surface area contributed by atoms with Crippen molar-refractivity contribution < 1.29 is 0 Å². The van der Waals surface area contributed by atoms with E-state index in [-0.39, 0.29) is 5.54 Å². The van der Waals surface area contributed by atoms with Gasteiger partial charge >= 0.3 is 0 Å². The average Bonchev–Trinajstić information content (AvgIpc) is 2.74. The first kappa shape index (κ1) is 14.5. The lowest BCUT2D eigenvalue weighted by Crippen LogP contribution is -2.44. The molecule has 0 aromatic heterocycles. The molecule has 17 heavy (non-hydrogen) atoms. The molecule has 0 bridgehead atoms. The summed E-state index contributed by atoms with van der Waals surface area (Å²) in [5, 5.41) is 12.8.